The molecule has 1 N–H and O–H groups in total. The molecule has 1 aromatic rings. The van der Waals surface area contributed by atoms with Gasteiger partial charge in [-0.25, -0.2) is 0 Å². The van der Waals surface area contributed by atoms with Gasteiger partial charge in [-0.3, -0.25) is 4.98 Å². The van der Waals surface area contributed by atoms with E-state index < -0.39 is 6.10 Å². The van der Waals surface area contributed by atoms with E-state index >= 15 is 0 Å². The molecule has 60 valence electrons. The first-order valence-corrected chi connectivity index (χ1v) is 4.21. The van der Waals surface area contributed by atoms with E-state index in [1.54, 1.807) is 6.92 Å². The van der Waals surface area contributed by atoms with Crippen LogP contribution in [-0.4, -0.2) is 10.1 Å². The Balaban J connectivity index is 3.05. The zero-order chi connectivity index (χ0) is 8.43. The van der Waals surface area contributed by atoms with Crippen molar-refractivity contribution in [2.45, 2.75) is 20.0 Å². The van der Waals surface area contributed by atoms with Crippen molar-refractivity contribution in [1.29, 1.82) is 0 Å². The smallest absolute Gasteiger partial charge is 0.0931 e. The molecule has 0 saturated heterocycles. The zero-order valence-corrected chi connectivity index (χ0v) is 8.09. The van der Waals surface area contributed by atoms with Crippen molar-refractivity contribution in [1.82, 2.24) is 4.98 Å². The fraction of sp³-hybridized carbons (Fsp3) is 0.375. The summed E-state index contributed by atoms with van der Waals surface area (Å²) in [6, 6.07) is 3.70. The maximum absolute atomic E-state index is 9.16. The highest BCUT2D eigenvalue weighted by Crippen LogP contribution is 2.16. The van der Waals surface area contributed by atoms with Crippen LogP contribution in [0.3, 0.4) is 0 Å². The van der Waals surface area contributed by atoms with Crippen LogP contribution in [0.1, 0.15) is 24.4 Å². The molecular weight excluding hydrogens is 206 g/mol. The predicted octanol–water partition coefficient (Wildman–Crippen LogP) is 2.21. The molecule has 2 nitrogen and oxygen atoms in total. The van der Waals surface area contributed by atoms with Gasteiger partial charge in [-0.2, -0.15) is 0 Å². The van der Waals surface area contributed by atoms with Crippen molar-refractivity contribution < 1.29 is 5.11 Å². The lowest BCUT2D eigenvalue weighted by atomic mass is 10.2. The minimum Gasteiger partial charge on any atom is -0.387 e. The van der Waals surface area contributed by atoms with Crippen molar-refractivity contribution in [2.24, 2.45) is 0 Å². The Morgan fingerprint density at radius 1 is 1.55 bits per heavy atom. The van der Waals surface area contributed by atoms with Crippen LogP contribution in [0, 0.1) is 6.92 Å². The molecule has 11 heavy (non-hydrogen) atoms. The van der Waals surface area contributed by atoms with Crippen LogP contribution in [0.5, 0.6) is 0 Å². The van der Waals surface area contributed by atoms with Crippen LogP contribution in [0.2, 0.25) is 0 Å². The largest absolute Gasteiger partial charge is 0.387 e. The van der Waals surface area contributed by atoms with Crippen molar-refractivity contribution >= 4 is 15.9 Å². The van der Waals surface area contributed by atoms with Gasteiger partial charge in [-0.1, -0.05) is 0 Å². The van der Waals surface area contributed by atoms with Gasteiger partial charge >= 0.3 is 0 Å². The van der Waals surface area contributed by atoms with Gasteiger partial charge < -0.3 is 5.11 Å². The first-order chi connectivity index (χ1) is 5.11. The lowest BCUT2D eigenvalue weighted by molar-refractivity contribution is 0.194. The van der Waals surface area contributed by atoms with Crippen molar-refractivity contribution in [3.05, 3.63) is 28.0 Å². The molecule has 3 heteroatoms. The van der Waals surface area contributed by atoms with Gasteiger partial charge in [-0.05, 0) is 41.9 Å². The van der Waals surface area contributed by atoms with Gasteiger partial charge in [0.25, 0.3) is 0 Å². The first kappa shape index (κ1) is 8.68. The average molecular weight is 216 g/mol. The van der Waals surface area contributed by atoms with Gasteiger partial charge in [-0.15, -0.1) is 0 Å². The van der Waals surface area contributed by atoms with Gasteiger partial charge in [0.2, 0.25) is 0 Å². The molecule has 1 aromatic heterocycles. The first-order valence-electron chi connectivity index (χ1n) is 3.42. The summed E-state index contributed by atoms with van der Waals surface area (Å²) in [5.41, 5.74) is 1.62. The Hall–Kier alpha value is -0.410. The summed E-state index contributed by atoms with van der Waals surface area (Å²) in [6.07, 6.45) is -0.484. The number of pyridine rings is 1. The molecule has 0 aliphatic carbocycles. The number of aliphatic hydroxyl groups excluding tert-OH is 1. The third-order valence-electron chi connectivity index (χ3n) is 1.47. The van der Waals surface area contributed by atoms with Crippen molar-refractivity contribution in [3.8, 4) is 0 Å². The second-order valence-electron chi connectivity index (χ2n) is 2.48. The van der Waals surface area contributed by atoms with E-state index in [9.17, 15) is 0 Å². The SMILES string of the molecule is Cc1nc(C(C)O)ccc1Br. The molecule has 0 aliphatic heterocycles. The lowest BCUT2D eigenvalue weighted by Gasteiger charge is -2.04. The Kier molecular flexibility index (Phi) is 2.62. The monoisotopic (exact) mass is 215 g/mol. The molecule has 0 spiro atoms. The molecule has 1 heterocycles. The Morgan fingerprint density at radius 2 is 2.18 bits per heavy atom. The van der Waals surface area contributed by atoms with Crippen LogP contribution >= 0.6 is 15.9 Å². The molecule has 0 bridgehead atoms. The summed E-state index contributed by atoms with van der Waals surface area (Å²) in [5, 5.41) is 9.16. The Labute approximate surface area is 74.4 Å². The fourth-order valence-corrected chi connectivity index (χ4v) is 1.02. The van der Waals surface area contributed by atoms with Crippen LogP contribution in [0.25, 0.3) is 0 Å². The Morgan fingerprint density at radius 3 is 2.64 bits per heavy atom. The fourth-order valence-electron chi connectivity index (χ4n) is 0.796. The number of aliphatic hydroxyl groups is 1. The summed E-state index contributed by atoms with van der Waals surface area (Å²) in [7, 11) is 0. The second kappa shape index (κ2) is 3.32. The van der Waals surface area contributed by atoms with Crippen LogP contribution in [0.15, 0.2) is 16.6 Å². The third-order valence-corrected chi connectivity index (χ3v) is 2.31. The van der Waals surface area contributed by atoms with E-state index in [4.69, 9.17) is 5.11 Å². The van der Waals surface area contributed by atoms with Gasteiger partial charge in [0.1, 0.15) is 0 Å². The number of halogens is 1. The highest BCUT2D eigenvalue weighted by atomic mass is 79.9. The summed E-state index contributed by atoms with van der Waals surface area (Å²) in [4.78, 5) is 4.18. The van der Waals surface area contributed by atoms with Crippen LogP contribution in [0.4, 0.5) is 0 Å². The second-order valence-corrected chi connectivity index (χ2v) is 3.33. The van der Waals surface area contributed by atoms with Gasteiger partial charge in [0, 0.05) is 4.47 Å². The standard InChI is InChI=1S/C8H10BrNO/c1-5-7(9)3-4-8(10-5)6(2)11/h3-4,6,11H,1-2H3. The molecule has 0 radical (unpaired) electrons. The normalized spacial score (nSPS) is 13.1. The lowest BCUT2D eigenvalue weighted by Crippen LogP contribution is -1.96. The molecule has 1 unspecified atom stereocenters. The zero-order valence-electron chi connectivity index (χ0n) is 6.50. The van der Waals surface area contributed by atoms with Gasteiger partial charge in [0.05, 0.1) is 17.5 Å². The molecule has 0 saturated carbocycles. The number of aryl methyl sites for hydroxylation is 1. The number of hydrogen-bond acceptors (Lipinski definition) is 2. The number of aromatic nitrogens is 1. The van der Waals surface area contributed by atoms with Crippen molar-refractivity contribution in [2.75, 3.05) is 0 Å². The van der Waals surface area contributed by atoms with Crippen LogP contribution < -0.4 is 0 Å². The molecule has 1 rings (SSSR count). The predicted molar refractivity (Wildman–Crippen MR) is 47.3 cm³/mol. The topological polar surface area (TPSA) is 33.1 Å². The highest BCUT2D eigenvalue weighted by molar-refractivity contribution is 9.10. The molecule has 0 aromatic carbocycles. The van der Waals surface area contributed by atoms with E-state index in [-0.39, 0.29) is 0 Å². The van der Waals surface area contributed by atoms with E-state index in [1.807, 2.05) is 19.1 Å². The Bertz CT molecular complexity index is 260. The minimum atomic E-state index is -0.484. The summed E-state index contributed by atoms with van der Waals surface area (Å²) >= 11 is 3.33. The molecule has 0 fully saturated rings. The summed E-state index contributed by atoms with van der Waals surface area (Å²) in [5.74, 6) is 0. The van der Waals surface area contributed by atoms with Gasteiger partial charge in [0.15, 0.2) is 0 Å². The highest BCUT2D eigenvalue weighted by Gasteiger charge is 2.03. The maximum atomic E-state index is 9.16. The summed E-state index contributed by atoms with van der Waals surface area (Å²) < 4.78 is 0.974. The molecule has 1 atom stereocenters. The average Bonchev–Trinajstić information content (AvgIpc) is 1.94. The number of nitrogens with zero attached hydrogens (tertiary/aromatic N) is 1. The van der Waals surface area contributed by atoms with E-state index in [2.05, 4.69) is 20.9 Å². The number of rotatable bonds is 1. The quantitative estimate of drug-likeness (QED) is 0.780. The molecular formula is C8H10BrNO. The molecule has 0 aliphatic rings. The van der Waals surface area contributed by atoms with E-state index in [1.165, 1.54) is 0 Å². The molecule has 0 amide bonds. The van der Waals surface area contributed by atoms with Crippen LogP contribution in [-0.2, 0) is 0 Å². The minimum absolute atomic E-state index is 0.484. The van der Waals surface area contributed by atoms with Crippen molar-refractivity contribution in [3.63, 3.8) is 0 Å². The number of hydrogen-bond donors (Lipinski definition) is 1. The maximum Gasteiger partial charge on any atom is 0.0931 e. The summed E-state index contributed by atoms with van der Waals surface area (Å²) in [6.45, 7) is 3.60. The van der Waals surface area contributed by atoms with E-state index in [0.29, 0.717) is 5.69 Å². The van der Waals surface area contributed by atoms with E-state index in [0.717, 1.165) is 10.2 Å². The third kappa shape index (κ3) is 2.01.